The molecule has 0 fully saturated rings. The highest BCUT2D eigenvalue weighted by molar-refractivity contribution is 5.49. The monoisotopic (exact) mass is 272 g/mol. The van der Waals surface area contributed by atoms with Crippen LogP contribution in [0, 0.1) is 12.7 Å². The summed E-state index contributed by atoms with van der Waals surface area (Å²) in [6.45, 7) is 1.94. The molecule has 104 valence electrons. The van der Waals surface area contributed by atoms with Crippen LogP contribution in [0.1, 0.15) is 35.7 Å². The summed E-state index contributed by atoms with van der Waals surface area (Å²) in [6.07, 6.45) is 2.80. The van der Waals surface area contributed by atoms with Crippen LogP contribution in [0.2, 0.25) is 0 Å². The Kier molecular flexibility index (Phi) is 3.30. The normalized spacial score (nSPS) is 17.6. The van der Waals surface area contributed by atoms with Gasteiger partial charge in [0.25, 0.3) is 0 Å². The molecule has 1 aliphatic carbocycles. The van der Waals surface area contributed by atoms with Crippen LogP contribution >= 0.6 is 0 Å². The van der Waals surface area contributed by atoms with Crippen molar-refractivity contribution >= 4 is 5.69 Å². The van der Waals surface area contributed by atoms with Crippen LogP contribution in [0.5, 0.6) is 0 Å². The van der Waals surface area contributed by atoms with Gasteiger partial charge in [-0.05, 0) is 55.5 Å². The Balaban J connectivity index is 1.93. The molecule has 4 heteroatoms. The first-order valence-electron chi connectivity index (χ1n) is 6.88. The first-order valence-corrected chi connectivity index (χ1v) is 6.88. The lowest BCUT2D eigenvalue weighted by Gasteiger charge is -2.27. The lowest BCUT2D eigenvalue weighted by molar-refractivity contribution is 0.576. The van der Waals surface area contributed by atoms with E-state index in [1.165, 1.54) is 12.1 Å². The predicted molar refractivity (Wildman–Crippen MR) is 77.5 cm³/mol. The summed E-state index contributed by atoms with van der Waals surface area (Å²) in [6, 6.07) is 8.48. The summed E-state index contributed by atoms with van der Waals surface area (Å²) in [5.74, 6) is -0.243. The van der Waals surface area contributed by atoms with E-state index in [0.717, 1.165) is 36.1 Å². The second-order valence-electron chi connectivity index (χ2n) is 5.33. The molecule has 1 aromatic heterocycles. The van der Waals surface area contributed by atoms with Crippen LogP contribution in [0.15, 0.2) is 35.1 Å². The van der Waals surface area contributed by atoms with Crippen LogP contribution in [0.25, 0.3) is 0 Å². The number of benzene rings is 1. The summed E-state index contributed by atoms with van der Waals surface area (Å²) in [7, 11) is 0. The Labute approximate surface area is 116 Å². The van der Waals surface area contributed by atoms with Gasteiger partial charge in [-0.1, -0.05) is 6.07 Å². The van der Waals surface area contributed by atoms with Crippen molar-refractivity contribution in [2.75, 3.05) is 5.32 Å². The minimum Gasteiger partial charge on any atom is -0.376 e. The third-order valence-corrected chi connectivity index (χ3v) is 3.78. The van der Waals surface area contributed by atoms with Gasteiger partial charge in [-0.3, -0.25) is 4.79 Å². The molecule has 0 amide bonds. The largest absolute Gasteiger partial charge is 0.376 e. The smallest absolute Gasteiger partial charge is 0.248 e. The van der Waals surface area contributed by atoms with Crippen molar-refractivity contribution in [2.45, 2.75) is 32.2 Å². The van der Waals surface area contributed by atoms with Gasteiger partial charge in [0.05, 0.1) is 11.7 Å². The molecule has 1 aliphatic rings. The maximum Gasteiger partial charge on any atom is 0.248 e. The molecule has 0 aliphatic heterocycles. The van der Waals surface area contributed by atoms with Crippen molar-refractivity contribution in [3.8, 4) is 0 Å². The standard InChI is InChI=1S/C16H17FN2O/c1-10-5-7-12(17)15(9-10)18-13-3-2-4-14-11(13)6-8-16(20)19-14/h5-9,13,18H,2-4H2,1H3,(H,19,20). The molecule has 0 radical (unpaired) electrons. The zero-order valence-electron chi connectivity index (χ0n) is 11.4. The molecule has 20 heavy (non-hydrogen) atoms. The first-order chi connectivity index (χ1) is 9.63. The van der Waals surface area contributed by atoms with E-state index in [9.17, 15) is 9.18 Å². The van der Waals surface area contributed by atoms with Gasteiger partial charge < -0.3 is 10.3 Å². The number of anilines is 1. The lowest BCUT2D eigenvalue weighted by Crippen LogP contribution is -2.22. The lowest BCUT2D eigenvalue weighted by atomic mass is 9.91. The summed E-state index contributed by atoms with van der Waals surface area (Å²) >= 11 is 0. The molecule has 0 spiro atoms. The maximum absolute atomic E-state index is 13.8. The van der Waals surface area contributed by atoms with Gasteiger partial charge in [0.1, 0.15) is 5.82 Å². The number of hydrogen-bond acceptors (Lipinski definition) is 2. The number of nitrogens with one attached hydrogen (secondary N) is 2. The summed E-state index contributed by atoms with van der Waals surface area (Å²) in [4.78, 5) is 14.2. The van der Waals surface area contributed by atoms with Gasteiger partial charge in [-0.2, -0.15) is 0 Å². The van der Waals surface area contributed by atoms with E-state index in [1.54, 1.807) is 6.07 Å². The maximum atomic E-state index is 13.8. The Morgan fingerprint density at radius 2 is 2.15 bits per heavy atom. The molecule has 1 unspecified atom stereocenters. The van der Waals surface area contributed by atoms with Gasteiger partial charge >= 0.3 is 0 Å². The van der Waals surface area contributed by atoms with E-state index in [2.05, 4.69) is 10.3 Å². The molecule has 0 saturated carbocycles. The quantitative estimate of drug-likeness (QED) is 0.881. The number of H-pyrrole nitrogens is 1. The molecule has 1 heterocycles. The van der Waals surface area contributed by atoms with Crippen molar-refractivity contribution < 1.29 is 4.39 Å². The summed E-state index contributed by atoms with van der Waals surface area (Å²) in [5.41, 5.74) is 3.50. The molecule has 1 atom stereocenters. The number of aromatic amines is 1. The molecule has 1 aromatic carbocycles. The minimum atomic E-state index is -0.243. The van der Waals surface area contributed by atoms with Gasteiger partial charge in [0, 0.05) is 11.8 Å². The highest BCUT2D eigenvalue weighted by atomic mass is 19.1. The van der Waals surface area contributed by atoms with Crippen molar-refractivity contribution in [2.24, 2.45) is 0 Å². The fourth-order valence-electron chi connectivity index (χ4n) is 2.79. The molecular weight excluding hydrogens is 255 g/mol. The third-order valence-electron chi connectivity index (χ3n) is 3.78. The molecule has 3 rings (SSSR count). The number of rotatable bonds is 2. The average molecular weight is 272 g/mol. The highest BCUT2D eigenvalue weighted by Crippen LogP contribution is 2.31. The molecule has 3 nitrogen and oxygen atoms in total. The van der Waals surface area contributed by atoms with E-state index in [-0.39, 0.29) is 17.4 Å². The van der Waals surface area contributed by atoms with E-state index in [1.807, 2.05) is 19.1 Å². The van der Waals surface area contributed by atoms with Crippen LogP contribution in [-0.2, 0) is 6.42 Å². The number of pyridine rings is 1. The fourth-order valence-corrected chi connectivity index (χ4v) is 2.79. The number of aryl methyl sites for hydroxylation is 2. The topological polar surface area (TPSA) is 44.9 Å². The van der Waals surface area contributed by atoms with Crippen molar-refractivity contribution in [1.82, 2.24) is 4.98 Å². The van der Waals surface area contributed by atoms with Crippen LogP contribution in [-0.4, -0.2) is 4.98 Å². The second kappa shape index (κ2) is 5.12. The molecular formula is C16H17FN2O. The molecule has 0 bridgehead atoms. The Bertz CT molecular complexity index is 693. The number of fused-ring (bicyclic) bond motifs is 1. The summed E-state index contributed by atoms with van der Waals surface area (Å²) in [5, 5.41) is 3.27. The van der Waals surface area contributed by atoms with Gasteiger partial charge in [-0.15, -0.1) is 0 Å². The number of hydrogen-bond donors (Lipinski definition) is 2. The second-order valence-corrected chi connectivity index (χ2v) is 5.33. The Morgan fingerprint density at radius 1 is 1.30 bits per heavy atom. The number of halogens is 1. The highest BCUT2D eigenvalue weighted by Gasteiger charge is 2.21. The molecule has 0 saturated heterocycles. The number of aromatic nitrogens is 1. The third kappa shape index (κ3) is 2.46. The Hall–Kier alpha value is -2.10. The van der Waals surface area contributed by atoms with Crippen molar-refractivity contribution in [1.29, 1.82) is 0 Å². The van der Waals surface area contributed by atoms with Gasteiger partial charge in [0.15, 0.2) is 0 Å². The van der Waals surface area contributed by atoms with Crippen LogP contribution < -0.4 is 10.9 Å². The Morgan fingerprint density at radius 3 is 3.00 bits per heavy atom. The fraction of sp³-hybridized carbons (Fsp3) is 0.312. The zero-order chi connectivity index (χ0) is 14.1. The minimum absolute atomic E-state index is 0.0481. The first kappa shape index (κ1) is 12.9. The zero-order valence-corrected chi connectivity index (χ0v) is 11.4. The predicted octanol–water partition coefficient (Wildman–Crippen LogP) is 3.31. The molecule has 2 N–H and O–H groups in total. The average Bonchev–Trinajstić information content (AvgIpc) is 2.43. The summed E-state index contributed by atoms with van der Waals surface area (Å²) < 4.78 is 13.8. The SMILES string of the molecule is Cc1ccc(F)c(NC2CCCc3[nH]c(=O)ccc32)c1. The van der Waals surface area contributed by atoms with Gasteiger partial charge in [-0.25, -0.2) is 4.39 Å². The molecule has 2 aromatic rings. The van der Waals surface area contributed by atoms with E-state index < -0.39 is 0 Å². The van der Waals surface area contributed by atoms with Crippen LogP contribution in [0.3, 0.4) is 0 Å². The van der Waals surface area contributed by atoms with E-state index in [0.29, 0.717) is 5.69 Å². The van der Waals surface area contributed by atoms with Gasteiger partial charge in [0.2, 0.25) is 5.56 Å². The van der Waals surface area contributed by atoms with E-state index in [4.69, 9.17) is 0 Å². The van der Waals surface area contributed by atoms with Crippen molar-refractivity contribution in [3.63, 3.8) is 0 Å². The van der Waals surface area contributed by atoms with E-state index >= 15 is 0 Å². The van der Waals surface area contributed by atoms with Crippen LogP contribution in [0.4, 0.5) is 10.1 Å². The van der Waals surface area contributed by atoms with Crippen molar-refractivity contribution in [3.05, 3.63) is 63.3 Å².